The van der Waals surface area contributed by atoms with Crippen LogP contribution in [0.3, 0.4) is 0 Å². The number of carbonyl (C=O) groups excluding carboxylic acids is 2. The molecule has 0 radical (unpaired) electrons. The van der Waals surface area contributed by atoms with Crippen molar-refractivity contribution >= 4 is 11.9 Å². The molecule has 0 bridgehead atoms. The van der Waals surface area contributed by atoms with Gasteiger partial charge < -0.3 is 14.6 Å². The Morgan fingerprint density at radius 3 is 0.769 bits per heavy atom. The molecule has 0 aliphatic rings. The lowest BCUT2D eigenvalue weighted by Gasteiger charge is -2.15. The van der Waals surface area contributed by atoms with Crippen LogP contribution in [-0.2, 0) is 19.1 Å². The van der Waals surface area contributed by atoms with Crippen LogP contribution >= 0.6 is 0 Å². The van der Waals surface area contributed by atoms with E-state index < -0.39 is 6.10 Å². The van der Waals surface area contributed by atoms with Gasteiger partial charge in [-0.05, 0) is 103 Å². The van der Waals surface area contributed by atoms with Crippen LogP contribution < -0.4 is 0 Å². The Labute approximate surface area is 483 Å². The zero-order chi connectivity index (χ0) is 56.2. The lowest BCUT2D eigenvalue weighted by Crippen LogP contribution is -2.28. The number of ether oxygens (including phenoxy) is 2. The summed E-state index contributed by atoms with van der Waals surface area (Å²) in [5, 5.41) is 9.70. The van der Waals surface area contributed by atoms with Gasteiger partial charge in [-0.15, -0.1) is 0 Å². The molecule has 0 aliphatic carbocycles. The fraction of sp³-hybridized carbons (Fsp3) is 0.699. The summed E-state index contributed by atoms with van der Waals surface area (Å²) in [7, 11) is 0. The number of hydrogen-bond acceptors (Lipinski definition) is 5. The van der Waals surface area contributed by atoms with E-state index in [1.54, 1.807) is 0 Å². The first-order chi connectivity index (χ1) is 38.6. The van der Waals surface area contributed by atoms with Gasteiger partial charge in [-0.25, -0.2) is 0 Å². The SMILES string of the molecule is CC/C=C\C/C=C\C/C=C\C/C=C\C/C=C\CCCCCCCCCCCCCCCCCCCC(=O)OC(CO)COC(=O)CCCCCCCCCCCCCCCCC/C=C\C/C=C\C/C=C\C/C=C\C/C=C\CC. The lowest BCUT2D eigenvalue weighted by molar-refractivity contribution is -0.161. The molecule has 0 fully saturated rings. The maximum atomic E-state index is 12.4. The number of aliphatic hydroxyl groups excluding tert-OH is 1. The monoisotopic (exact) mass is 1080 g/mol. The summed E-state index contributed by atoms with van der Waals surface area (Å²) in [6.07, 6.45) is 99.2. The van der Waals surface area contributed by atoms with E-state index >= 15 is 0 Å². The number of allylic oxidation sites excluding steroid dienone is 20. The molecule has 5 heteroatoms. The summed E-state index contributed by atoms with van der Waals surface area (Å²) in [6, 6.07) is 0. The molecule has 0 saturated heterocycles. The number of unbranched alkanes of at least 4 members (excludes halogenated alkanes) is 32. The molecule has 78 heavy (non-hydrogen) atoms. The van der Waals surface area contributed by atoms with Gasteiger partial charge >= 0.3 is 11.9 Å². The second-order valence-corrected chi connectivity index (χ2v) is 21.8. The van der Waals surface area contributed by atoms with Gasteiger partial charge in [0.25, 0.3) is 0 Å². The number of aliphatic hydroxyl groups is 1. The van der Waals surface area contributed by atoms with Crippen molar-refractivity contribution in [3.63, 3.8) is 0 Å². The van der Waals surface area contributed by atoms with E-state index in [1.165, 1.54) is 180 Å². The van der Waals surface area contributed by atoms with Gasteiger partial charge in [-0.1, -0.05) is 315 Å². The minimum absolute atomic E-state index is 0.0680. The first-order valence-corrected chi connectivity index (χ1v) is 33.1. The normalized spacial score (nSPS) is 13.0. The molecular weight excluding hydrogens is 957 g/mol. The molecule has 0 aromatic heterocycles. The van der Waals surface area contributed by atoms with E-state index in [4.69, 9.17) is 9.47 Å². The first-order valence-electron chi connectivity index (χ1n) is 33.1. The molecule has 0 aliphatic heterocycles. The van der Waals surface area contributed by atoms with E-state index in [9.17, 15) is 14.7 Å². The average Bonchev–Trinajstić information content (AvgIpc) is 3.44. The van der Waals surface area contributed by atoms with E-state index in [-0.39, 0.29) is 25.2 Å². The molecule has 1 atom stereocenters. The van der Waals surface area contributed by atoms with Crippen molar-refractivity contribution in [1.82, 2.24) is 0 Å². The Morgan fingerprint density at radius 2 is 0.513 bits per heavy atom. The third-order valence-electron chi connectivity index (χ3n) is 14.3. The fourth-order valence-corrected chi connectivity index (χ4v) is 9.38. The highest BCUT2D eigenvalue weighted by molar-refractivity contribution is 5.70. The molecular formula is C73H124O5. The Bertz CT molecular complexity index is 1550. The molecule has 1 unspecified atom stereocenters. The molecule has 5 nitrogen and oxygen atoms in total. The fourth-order valence-electron chi connectivity index (χ4n) is 9.38. The Kier molecular flexibility index (Phi) is 64.4. The van der Waals surface area contributed by atoms with Crippen LogP contribution in [0.15, 0.2) is 122 Å². The summed E-state index contributed by atoms with van der Waals surface area (Å²) >= 11 is 0. The van der Waals surface area contributed by atoms with Crippen LogP contribution in [0.4, 0.5) is 0 Å². The van der Waals surface area contributed by atoms with Crippen molar-refractivity contribution in [2.24, 2.45) is 0 Å². The number of hydrogen-bond donors (Lipinski definition) is 1. The quantitative estimate of drug-likeness (QED) is 0.0373. The Morgan fingerprint density at radius 1 is 0.295 bits per heavy atom. The van der Waals surface area contributed by atoms with Crippen LogP contribution in [0.25, 0.3) is 0 Å². The number of carbonyl (C=O) groups is 2. The highest BCUT2D eigenvalue weighted by Gasteiger charge is 2.16. The molecule has 0 heterocycles. The molecule has 0 saturated carbocycles. The lowest BCUT2D eigenvalue weighted by atomic mass is 10.0. The number of esters is 2. The Hall–Kier alpha value is -3.70. The van der Waals surface area contributed by atoms with Gasteiger partial charge in [-0.2, -0.15) is 0 Å². The molecule has 0 aromatic carbocycles. The second kappa shape index (κ2) is 67.6. The van der Waals surface area contributed by atoms with E-state index in [0.29, 0.717) is 12.8 Å². The van der Waals surface area contributed by atoms with Gasteiger partial charge in [0.1, 0.15) is 6.61 Å². The Balaban J connectivity index is 3.47. The first kappa shape index (κ1) is 74.3. The predicted octanol–water partition coefficient (Wildman–Crippen LogP) is 23.0. The predicted molar refractivity (Wildman–Crippen MR) is 343 cm³/mol. The summed E-state index contributed by atoms with van der Waals surface area (Å²) in [5.41, 5.74) is 0. The van der Waals surface area contributed by atoms with Crippen molar-refractivity contribution in [2.75, 3.05) is 13.2 Å². The largest absolute Gasteiger partial charge is 0.462 e. The van der Waals surface area contributed by atoms with Crippen LogP contribution in [0, 0.1) is 0 Å². The van der Waals surface area contributed by atoms with Crippen LogP contribution in [-0.4, -0.2) is 36.4 Å². The zero-order valence-electron chi connectivity index (χ0n) is 51.1. The summed E-state index contributed by atoms with van der Waals surface area (Å²) in [4.78, 5) is 24.6. The highest BCUT2D eigenvalue weighted by Crippen LogP contribution is 2.17. The van der Waals surface area contributed by atoms with E-state index in [2.05, 4.69) is 135 Å². The van der Waals surface area contributed by atoms with Gasteiger partial charge in [-0.3, -0.25) is 9.59 Å². The van der Waals surface area contributed by atoms with E-state index in [1.807, 2.05) is 0 Å². The van der Waals surface area contributed by atoms with Crippen LogP contribution in [0.2, 0.25) is 0 Å². The summed E-state index contributed by atoms with van der Waals surface area (Å²) < 4.78 is 10.8. The van der Waals surface area contributed by atoms with Crippen molar-refractivity contribution in [3.05, 3.63) is 122 Å². The third kappa shape index (κ3) is 64.8. The standard InChI is InChI=1S/C73H124O5/c1-3-5-7-9-11-13-15-17-19-21-23-25-27-29-31-33-35-36-38-40-42-44-46-48-50-52-54-56-58-60-62-64-66-68-73(76)78-71(69-74)70-77-72(75)67-65-63-61-59-57-55-53-51-49-47-45-43-41-39-37-34-32-30-28-26-24-22-20-18-16-14-12-10-8-6-4-2/h5-8,11-14,17-20,23-26,29-32,71,74H,3-4,9-10,15-16,21-22,27-28,33-70H2,1-2H3/b7-5-,8-6-,13-11-,14-12-,19-17-,20-18-,25-23-,26-24-,31-29-,32-30-. The number of rotatable bonds is 60. The van der Waals surface area contributed by atoms with Crippen molar-refractivity contribution in [2.45, 2.75) is 315 Å². The maximum Gasteiger partial charge on any atom is 0.306 e. The van der Waals surface area contributed by atoms with Crippen LogP contribution in [0.5, 0.6) is 0 Å². The van der Waals surface area contributed by atoms with Gasteiger partial charge in [0.15, 0.2) is 6.10 Å². The van der Waals surface area contributed by atoms with Gasteiger partial charge in [0, 0.05) is 12.8 Å². The second-order valence-electron chi connectivity index (χ2n) is 21.8. The minimum Gasteiger partial charge on any atom is -0.462 e. The van der Waals surface area contributed by atoms with Gasteiger partial charge in [0.05, 0.1) is 6.61 Å². The van der Waals surface area contributed by atoms with E-state index in [0.717, 1.165) is 103 Å². The average molecular weight is 1080 g/mol. The third-order valence-corrected chi connectivity index (χ3v) is 14.3. The molecule has 446 valence electrons. The highest BCUT2D eigenvalue weighted by atomic mass is 16.6. The molecule has 0 amide bonds. The minimum atomic E-state index is -0.778. The van der Waals surface area contributed by atoms with Crippen LogP contribution in [0.1, 0.15) is 309 Å². The topological polar surface area (TPSA) is 72.8 Å². The molecule has 0 aromatic rings. The summed E-state index contributed by atoms with van der Waals surface area (Å²) in [6.45, 7) is 3.94. The maximum absolute atomic E-state index is 12.4. The van der Waals surface area contributed by atoms with Crippen molar-refractivity contribution in [3.8, 4) is 0 Å². The zero-order valence-corrected chi connectivity index (χ0v) is 51.1. The molecule has 0 spiro atoms. The van der Waals surface area contributed by atoms with Crippen molar-refractivity contribution < 1.29 is 24.2 Å². The molecule has 0 rings (SSSR count). The smallest absolute Gasteiger partial charge is 0.306 e. The summed E-state index contributed by atoms with van der Waals surface area (Å²) in [5.74, 6) is -0.583. The van der Waals surface area contributed by atoms with Gasteiger partial charge in [0.2, 0.25) is 0 Å². The molecule has 1 N–H and O–H groups in total. The van der Waals surface area contributed by atoms with Crippen molar-refractivity contribution in [1.29, 1.82) is 0 Å².